The molecule has 0 aliphatic carbocycles. The summed E-state index contributed by atoms with van der Waals surface area (Å²) in [5.74, 6) is 0.442. The van der Waals surface area contributed by atoms with E-state index in [2.05, 4.69) is 0 Å². The van der Waals surface area contributed by atoms with Gasteiger partial charge < -0.3 is 9.30 Å². The largest absolute Gasteiger partial charge is 0.495 e. The minimum Gasteiger partial charge on any atom is -0.495 e. The second-order valence-corrected chi connectivity index (χ2v) is 4.29. The van der Waals surface area contributed by atoms with E-state index in [0.717, 1.165) is 11.4 Å². The number of pyridine rings is 1. The maximum Gasteiger partial charge on any atom is 0.192 e. The van der Waals surface area contributed by atoms with Crippen molar-refractivity contribution in [1.29, 1.82) is 0 Å². The SMILES string of the molecule is COc1ccccc1-n1cc(C(C)=O)c(=O)cc1C. The van der Waals surface area contributed by atoms with Crippen LogP contribution in [0, 0.1) is 6.92 Å². The van der Waals surface area contributed by atoms with Crippen molar-refractivity contribution in [2.75, 3.05) is 7.11 Å². The van der Waals surface area contributed by atoms with Gasteiger partial charge in [0.25, 0.3) is 0 Å². The molecule has 0 saturated heterocycles. The van der Waals surface area contributed by atoms with E-state index in [1.807, 2.05) is 31.2 Å². The highest BCUT2D eigenvalue weighted by Gasteiger charge is 2.11. The predicted octanol–water partition coefficient (Wildman–Crippen LogP) is 2.36. The molecule has 0 atom stereocenters. The first-order valence-corrected chi connectivity index (χ1v) is 5.92. The quantitative estimate of drug-likeness (QED) is 0.793. The lowest BCUT2D eigenvalue weighted by Crippen LogP contribution is -2.17. The molecule has 0 radical (unpaired) electrons. The minimum absolute atomic E-state index is 0.177. The van der Waals surface area contributed by atoms with Crippen molar-refractivity contribution < 1.29 is 9.53 Å². The van der Waals surface area contributed by atoms with Crippen LogP contribution in [0.15, 0.2) is 41.3 Å². The summed E-state index contributed by atoms with van der Waals surface area (Å²) >= 11 is 0. The van der Waals surface area contributed by atoms with Gasteiger partial charge in [-0.1, -0.05) is 12.1 Å². The summed E-state index contributed by atoms with van der Waals surface area (Å²) in [7, 11) is 1.59. The molecule has 98 valence electrons. The molecule has 0 aliphatic rings. The third-order valence-corrected chi connectivity index (χ3v) is 2.97. The standard InChI is InChI=1S/C15H15NO3/c1-10-8-14(18)12(11(2)17)9-16(10)13-6-4-5-7-15(13)19-3/h4-9H,1-3H3. The molecule has 0 unspecified atom stereocenters. The van der Waals surface area contributed by atoms with Crippen LogP contribution in [0.2, 0.25) is 0 Å². The molecule has 0 N–H and O–H groups in total. The fraction of sp³-hybridized carbons (Fsp3) is 0.200. The van der Waals surface area contributed by atoms with Crippen LogP contribution in [0.5, 0.6) is 5.75 Å². The van der Waals surface area contributed by atoms with Gasteiger partial charge in [0.15, 0.2) is 11.2 Å². The third kappa shape index (κ3) is 2.42. The van der Waals surface area contributed by atoms with Gasteiger partial charge in [0, 0.05) is 18.0 Å². The summed E-state index contributed by atoms with van der Waals surface area (Å²) in [5, 5.41) is 0. The molecule has 1 aromatic carbocycles. The summed E-state index contributed by atoms with van der Waals surface area (Å²) < 4.78 is 7.09. The Morgan fingerprint density at radius 1 is 1.26 bits per heavy atom. The van der Waals surface area contributed by atoms with E-state index in [-0.39, 0.29) is 16.8 Å². The first-order chi connectivity index (χ1) is 9.04. The van der Waals surface area contributed by atoms with Crippen LogP contribution in [0.25, 0.3) is 5.69 Å². The van der Waals surface area contributed by atoms with Gasteiger partial charge in [-0.3, -0.25) is 9.59 Å². The summed E-state index contributed by atoms with van der Waals surface area (Å²) in [6, 6.07) is 8.92. The van der Waals surface area contributed by atoms with Crippen molar-refractivity contribution >= 4 is 5.78 Å². The van der Waals surface area contributed by atoms with E-state index in [9.17, 15) is 9.59 Å². The lowest BCUT2D eigenvalue weighted by molar-refractivity contribution is 0.101. The minimum atomic E-state index is -0.254. The molecule has 2 aromatic rings. The average Bonchev–Trinajstić information content (AvgIpc) is 2.38. The number of benzene rings is 1. The normalized spacial score (nSPS) is 10.3. The van der Waals surface area contributed by atoms with Crippen molar-refractivity contribution in [3.8, 4) is 11.4 Å². The lowest BCUT2D eigenvalue weighted by Gasteiger charge is -2.15. The van der Waals surface area contributed by atoms with Gasteiger partial charge in [-0.25, -0.2) is 0 Å². The number of aromatic nitrogens is 1. The van der Waals surface area contributed by atoms with Crippen molar-refractivity contribution in [3.05, 3.63) is 58.0 Å². The summed E-state index contributed by atoms with van der Waals surface area (Å²) in [6.07, 6.45) is 1.57. The Morgan fingerprint density at radius 2 is 1.95 bits per heavy atom. The van der Waals surface area contributed by atoms with Crippen molar-refractivity contribution in [2.24, 2.45) is 0 Å². The first kappa shape index (κ1) is 13.1. The van der Waals surface area contributed by atoms with Gasteiger partial charge in [0.2, 0.25) is 0 Å². The number of para-hydroxylation sites is 2. The zero-order valence-corrected chi connectivity index (χ0v) is 11.1. The van der Waals surface area contributed by atoms with Crippen molar-refractivity contribution in [2.45, 2.75) is 13.8 Å². The number of aryl methyl sites for hydroxylation is 1. The smallest absolute Gasteiger partial charge is 0.192 e. The fourth-order valence-corrected chi connectivity index (χ4v) is 1.98. The van der Waals surface area contributed by atoms with Crippen molar-refractivity contribution in [3.63, 3.8) is 0 Å². The number of carbonyl (C=O) groups excluding carboxylic acids is 1. The Balaban J connectivity index is 2.72. The van der Waals surface area contributed by atoms with Crippen LogP contribution < -0.4 is 10.2 Å². The molecule has 4 nitrogen and oxygen atoms in total. The monoisotopic (exact) mass is 257 g/mol. The van der Waals surface area contributed by atoms with E-state index in [1.165, 1.54) is 13.0 Å². The highest BCUT2D eigenvalue weighted by molar-refractivity contribution is 5.93. The molecule has 0 spiro atoms. The summed E-state index contributed by atoms with van der Waals surface area (Å²) in [6.45, 7) is 3.20. The van der Waals surface area contributed by atoms with Gasteiger partial charge >= 0.3 is 0 Å². The molecule has 0 aliphatic heterocycles. The predicted molar refractivity (Wildman–Crippen MR) is 73.3 cm³/mol. The molecule has 2 rings (SSSR count). The molecular formula is C15H15NO3. The number of ether oxygens (including phenoxy) is 1. The Hall–Kier alpha value is -2.36. The molecular weight excluding hydrogens is 242 g/mol. The zero-order valence-electron chi connectivity index (χ0n) is 11.1. The van der Waals surface area contributed by atoms with Crippen LogP contribution in [0.4, 0.5) is 0 Å². The van der Waals surface area contributed by atoms with E-state index in [1.54, 1.807) is 17.9 Å². The maximum absolute atomic E-state index is 11.8. The number of carbonyl (C=O) groups is 1. The van der Waals surface area contributed by atoms with Gasteiger partial charge in [-0.2, -0.15) is 0 Å². The number of hydrogen-bond donors (Lipinski definition) is 0. The maximum atomic E-state index is 11.8. The zero-order chi connectivity index (χ0) is 14.0. The Labute approximate surface area is 111 Å². The molecule has 1 aromatic heterocycles. The lowest BCUT2D eigenvalue weighted by atomic mass is 10.1. The van der Waals surface area contributed by atoms with E-state index >= 15 is 0 Å². The van der Waals surface area contributed by atoms with E-state index in [4.69, 9.17) is 4.74 Å². The van der Waals surface area contributed by atoms with Gasteiger partial charge in [0.05, 0.1) is 18.4 Å². The molecule has 19 heavy (non-hydrogen) atoms. The number of rotatable bonds is 3. The van der Waals surface area contributed by atoms with E-state index in [0.29, 0.717) is 5.75 Å². The van der Waals surface area contributed by atoms with Gasteiger partial charge in [-0.05, 0) is 26.0 Å². The van der Waals surface area contributed by atoms with Crippen LogP contribution in [0.1, 0.15) is 23.0 Å². The molecule has 0 bridgehead atoms. The Morgan fingerprint density at radius 3 is 2.58 bits per heavy atom. The Bertz CT molecular complexity index is 686. The van der Waals surface area contributed by atoms with Crippen LogP contribution in [-0.4, -0.2) is 17.5 Å². The van der Waals surface area contributed by atoms with Crippen LogP contribution in [0.3, 0.4) is 0 Å². The molecule has 0 saturated carbocycles. The topological polar surface area (TPSA) is 48.3 Å². The van der Waals surface area contributed by atoms with Crippen molar-refractivity contribution in [1.82, 2.24) is 4.57 Å². The number of ketones is 1. The highest BCUT2D eigenvalue weighted by atomic mass is 16.5. The summed E-state index contributed by atoms with van der Waals surface area (Å²) in [5.41, 5.74) is 1.47. The summed E-state index contributed by atoms with van der Waals surface area (Å²) in [4.78, 5) is 23.2. The van der Waals surface area contributed by atoms with Crippen LogP contribution in [-0.2, 0) is 0 Å². The van der Waals surface area contributed by atoms with Crippen LogP contribution >= 0.6 is 0 Å². The number of methoxy groups -OCH3 is 1. The first-order valence-electron chi connectivity index (χ1n) is 5.92. The highest BCUT2D eigenvalue weighted by Crippen LogP contribution is 2.23. The number of nitrogens with zero attached hydrogens (tertiary/aromatic N) is 1. The Kier molecular flexibility index (Phi) is 3.51. The third-order valence-electron chi connectivity index (χ3n) is 2.97. The van der Waals surface area contributed by atoms with Gasteiger partial charge in [0.1, 0.15) is 5.75 Å². The fourth-order valence-electron chi connectivity index (χ4n) is 1.98. The van der Waals surface area contributed by atoms with Gasteiger partial charge in [-0.15, -0.1) is 0 Å². The average molecular weight is 257 g/mol. The second kappa shape index (κ2) is 5.10. The number of Topliss-reactive ketones (excluding diaryl/α,β-unsaturated/α-hetero) is 1. The number of hydrogen-bond acceptors (Lipinski definition) is 3. The van der Waals surface area contributed by atoms with E-state index < -0.39 is 0 Å². The molecule has 4 heteroatoms. The second-order valence-electron chi connectivity index (χ2n) is 4.29. The molecule has 1 heterocycles. The molecule has 0 amide bonds. The molecule has 0 fully saturated rings.